The van der Waals surface area contributed by atoms with Crippen LogP contribution in [0.4, 0.5) is 5.69 Å². The Hall–Kier alpha value is -1.83. The van der Waals surface area contributed by atoms with Crippen molar-refractivity contribution in [1.82, 2.24) is 0 Å². The number of nitrogens with zero attached hydrogens (tertiary/aromatic N) is 2. The number of sulfone groups is 1. The predicted molar refractivity (Wildman–Crippen MR) is 120 cm³/mol. The molecule has 2 aromatic carbocycles. The monoisotopic (exact) mass is 448 g/mol. The van der Waals surface area contributed by atoms with Crippen LogP contribution in [0.2, 0.25) is 5.02 Å². The van der Waals surface area contributed by atoms with Gasteiger partial charge in [-0.05, 0) is 42.7 Å². The van der Waals surface area contributed by atoms with Crippen molar-refractivity contribution in [3.63, 3.8) is 0 Å². The molecule has 29 heavy (non-hydrogen) atoms. The molecule has 2 aliphatic rings. The summed E-state index contributed by atoms with van der Waals surface area (Å²) < 4.78 is 24.4. The Morgan fingerprint density at radius 3 is 2.72 bits per heavy atom. The van der Waals surface area contributed by atoms with Crippen LogP contribution in [0.3, 0.4) is 0 Å². The van der Waals surface area contributed by atoms with E-state index in [1.54, 1.807) is 6.07 Å². The van der Waals surface area contributed by atoms with Crippen molar-refractivity contribution in [3.8, 4) is 0 Å². The Morgan fingerprint density at radius 2 is 1.97 bits per heavy atom. The molecule has 2 heterocycles. The van der Waals surface area contributed by atoms with Gasteiger partial charge in [-0.1, -0.05) is 53.7 Å². The summed E-state index contributed by atoms with van der Waals surface area (Å²) in [7, 11) is -3.10. The standard InChI is InChI=1S/C21H21ClN2O3S2/c1-13-7-8-14(2)17(9-13)24-18-11-29(26,27)12-19(18)28-21(24)23-20(25)10-15-5-3-4-6-16(15)22/h3-9,18-19H,10-12H2,1-2H3/t18-,19+/m1/s1. The summed E-state index contributed by atoms with van der Waals surface area (Å²) in [5.74, 6) is -0.101. The maximum absolute atomic E-state index is 12.7. The zero-order valence-electron chi connectivity index (χ0n) is 16.1. The molecule has 2 saturated heterocycles. The molecule has 0 radical (unpaired) electrons. The number of carbonyl (C=O) groups is 1. The van der Waals surface area contributed by atoms with E-state index in [9.17, 15) is 13.2 Å². The Morgan fingerprint density at radius 1 is 1.21 bits per heavy atom. The molecule has 8 heteroatoms. The number of carbonyl (C=O) groups excluding carboxylic acids is 1. The average Bonchev–Trinajstić information content (AvgIpc) is 3.10. The molecule has 2 aliphatic heterocycles. The van der Waals surface area contributed by atoms with E-state index >= 15 is 0 Å². The smallest absolute Gasteiger partial charge is 0.252 e. The normalized spacial score (nSPS) is 24.1. The number of anilines is 1. The molecule has 2 fully saturated rings. The van der Waals surface area contributed by atoms with E-state index in [1.807, 2.05) is 55.1 Å². The SMILES string of the molecule is Cc1ccc(C)c(N2C(=NC(=O)Cc3ccccc3Cl)S[C@H]3CS(=O)(=O)C[C@H]32)c1. The van der Waals surface area contributed by atoms with E-state index in [1.165, 1.54) is 11.8 Å². The van der Waals surface area contributed by atoms with Gasteiger partial charge in [-0.2, -0.15) is 4.99 Å². The second kappa shape index (κ2) is 7.78. The van der Waals surface area contributed by atoms with E-state index in [2.05, 4.69) is 4.99 Å². The fourth-order valence-corrected chi connectivity index (χ4v) is 7.90. The summed E-state index contributed by atoms with van der Waals surface area (Å²) >= 11 is 7.56. The van der Waals surface area contributed by atoms with E-state index in [0.29, 0.717) is 10.2 Å². The predicted octanol–water partition coefficient (Wildman–Crippen LogP) is 3.80. The molecule has 4 rings (SSSR count). The highest BCUT2D eigenvalue weighted by Crippen LogP contribution is 2.42. The molecule has 0 bridgehead atoms. The first kappa shape index (κ1) is 20.4. The van der Waals surface area contributed by atoms with Gasteiger partial charge in [0.15, 0.2) is 15.0 Å². The van der Waals surface area contributed by atoms with Crippen LogP contribution in [0.15, 0.2) is 47.5 Å². The third kappa shape index (κ3) is 4.22. The maximum Gasteiger partial charge on any atom is 0.252 e. The van der Waals surface area contributed by atoms with Crippen molar-refractivity contribution >= 4 is 50.0 Å². The third-order valence-corrected chi connectivity index (χ3v) is 8.79. The number of aliphatic imine (C=N–C) groups is 1. The molecule has 152 valence electrons. The Balaban J connectivity index is 1.70. The molecule has 0 aromatic heterocycles. The van der Waals surface area contributed by atoms with Gasteiger partial charge in [0.05, 0.1) is 24.0 Å². The van der Waals surface area contributed by atoms with Gasteiger partial charge in [0.25, 0.3) is 5.91 Å². The van der Waals surface area contributed by atoms with Crippen LogP contribution in [0.5, 0.6) is 0 Å². The van der Waals surface area contributed by atoms with E-state index in [4.69, 9.17) is 11.6 Å². The van der Waals surface area contributed by atoms with Crippen LogP contribution in [-0.4, -0.2) is 42.3 Å². The fraction of sp³-hybridized carbons (Fsp3) is 0.333. The zero-order valence-corrected chi connectivity index (χ0v) is 18.5. The summed E-state index contributed by atoms with van der Waals surface area (Å²) in [5, 5.41) is 0.988. The van der Waals surface area contributed by atoms with Crippen molar-refractivity contribution in [2.24, 2.45) is 4.99 Å². The molecule has 0 aliphatic carbocycles. The fourth-order valence-electron chi connectivity index (χ4n) is 3.78. The number of amidine groups is 1. The van der Waals surface area contributed by atoms with Crippen LogP contribution < -0.4 is 4.90 Å². The molecule has 0 unspecified atom stereocenters. The number of benzene rings is 2. The molecule has 0 spiro atoms. The molecular formula is C21H21ClN2O3S2. The van der Waals surface area contributed by atoms with Gasteiger partial charge in [0, 0.05) is 16.0 Å². The maximum atomic E-state index is 12.7. The lowest BCUT2D eigenvalue weighted by molar-refractivity contribution is -0.117. The van der Waals surface area contributed by atoms with Gasteiger partial charge >= 0.3 is 0 Å². The number of hydrogen-bond acceptors (Lipinski definition) is 4. The molecule has 2 aromatic rings. The largest absolute Gasteiger partial charge is 0.315 e. The van der Waals surface area contributed by atoms with Gasteiger partial charge in [-0.25, -0.2) is 8.42 Å². The Bertz CT molecular complexity index is 1110. The highest BCUT2D eigenvalue weighted by molar-refractivity contribution is 8.16. The highest BCUT2D eigenvalue weighted by Gasteiger charge is 2.49. The minimum atomic E-state index is -3.10. The number of aryl methyl sites for hydroxylation is 2. The van der Waals surface area contributed by atoms with Crippen LogP contribution in [0, 0.1) is 13.8 Å². The summed E-state index contributed by atoms with van der Waals surface area (Å²) in [5.41, 5.74) is 3.73. The van der Waals surface area contributed by atoms with Gasteiger partial charge in [-0.15, -0.1) is 0 Å². The minimum absolute atomic E-state index is 0.0791. The van der Waals surface area contributed by atoms with Crippen LogP contribution >= 0.6 is 23.4 Å². The lowest BCUT2D eigenvalue weighted by Crippen LogP contribution is -2.38. The van der Waals surface area contributed by atoms with Crippen LogP contribution in [0.25, 0.3) is 0 Å². The number of amides is 1. The number of fused-ring (bicyclic) bond motifs is 1. The second-order valence-electron chi connectivity index (χ2n) is 7.52. The van der Waals surface area contributed by atoms with Crippen molar-refractivity contribution in [3.05, 3.63) is 64.2 Å². The highest BCUT2D eigenvalue weighted by atomic mass is 35.5. The van der Waals surface area contributed by atoms with Crippen molar-refractivity contribution in [1.29, 1.82) is 0 Å². The summed E-state index contributed by atoms with van der Waals surface area (Å²) in [6.45, 7) is 3.98. The molecule has 5 nitrogen and oxygen atoms in total. The van der Waals surface area contributed by atoms with Gasteiger partial charge in [0.2, 0.25) is 0 Å². The van der Waals surface area contributed by atoms with Crippen molar-refractivity contribution in [2.75, 3.05) is 16.4 Å². The van der Waals surface area contributed by atoms with Crippen LogP contribution in [0.1, 0.15) is 16.7 Å². The number of halogens is 1. The first-order chi connectivity index (χ1) is 13.7. The third-order valence-electron chi connectivity index (χ3n) is 5.21. The Kier molecular flexibility index (Phi) is 5.48. The van der Waals surface area contributed by atoms with Crippen molar-refractivity contribution in [2.45, 2.75) is 31.6 Å². The Labute approximate surface area is 180 Å². The van der Waals surface area contributed by atoms with Gasteiger partial charge in [0.1, 0.15) is 0 Å². The summed E-state index contributed by atoms with van der Waals surface area (Å²) in [4.78, 5) is 19.0. The van der Waals surface area contributed by atoms with Gasteiger partial charge < -0.3 is 4.90 Å². The molecule has 2 atom stereocenters. The zero-order chi connectivity index (χ0) is 20.8. The molecular weight excluding hydrogens is 428 g/mol. The number of thioether (sulfide) groups is 1. The quantitative estimate of drug-likeness (QED) is 0.714. The molecule has 0 N–H and O–H groups in total. The molecule has 1 amide bonds. The summed E-state index contributed by atoms with van der Waals surface area (Å²) in [6, 6.07) is 13.1. The van der Waals surface area contributed by atoms with E-state index < -0.39 is 9.84 Å². The first-order valence-electron chi connectivity index (χ1n) is 9.32. The van der Waals surface area contributed by atoms with E-state index in [0.717, 1.165) is 22.4 Å². The van der Waals surface area contributed by atoms with Gasteiger partial charge in [-0.3, -0.25) is 4.79 Å². The first-order valence-corrected chi connectivity index (χ1v) is 12.4. The minimum Gasteiger partial charge on any atom is -0.315 e. The second-order valence-corrected chi connectivity index (χ2v) is 11.3. The topological polar surface area (TPSA) is 66.8 Å². The van der Waals surface area contributed by atoms with E-state index in [-0.39, 0.29) is 35.1 Å². The summed E-state index contributed by atoms with van der Waals surface area (Å²) in [6.07, 6.45) is 0.109. The number of rotatable bonds is 3. The van der Waals surface area contributed by atoms with Crippen LogP contribution in [-0.2, 0) is 21.1 Å². The van der Waals surface area contributed by atoms with Crippen molar-refractivity contribution < 1.29 is 13.2 Å². The average molecular weight is 449 g/mol. The molecule has 0 saturated carbocycles. The lowest BCUT2D eigenvalue weighted by Gasteiger charge is -2.26. The lowest BCUT2D eigenvalue weighted by atomic mass is 10.1. The number of hydrogen-bond donors (Lipinski definition) is 0.